The van der Waals surface area contributed by atoms with Crippen LogP contribution in [0.5, 0.6) is 0 Å². The number of guanidine groups is 1. The van der Waals surface area contributed by atoms with Gasteiger partial charge in [-0.3, -0.25) is 4.99 Å². The fourth-order valence-corrected chi connectivity index (χ4v) is 1.71. The molecule has 2 heterocycles. The first-order valence-corrected chi connectivity index (χ1v) is 6.60. The van der Waals surface area contributed by atoms with Crippen molar-refractivity contribution in [3.8, 4) is 0 Å². The number of aliphatic imine (C=N–C) groups is 1. The quantitative estimate of drug-likeness (QED) is 0.335. The zero-order chi connectivity index (χ0) is 14.2. The number of rotatable bonds is 5. The Morgan fingerprint density at radius 2 is 2.19 bits per heavy atom. The lowest BCUT2D eigenvalue weighted by molar-refractivity contribution is 0.410. The van der Waals surface area contributed by atoms with E-state index in [9.17, 15) is 0 Å². The molecule has 2 aromatic rings. The summed E-state index contributed by atoms with van der Waals surface area (Å²) in [6.07, 6.45) is 4.16. The molecule has 0 bridgehead atoms. The standard InChI is InChI=1S/C13H16ClN5O.HI/c1-15-13(18-9-11-5-7-20-19-11)16-6-4-10-2-3-12(14)17-8-10;/h2-3,5,7-8H,4,6,9H2,1H3,(H2,15,16,18);1H. The zero-order valence-electron chi connectivity index (χ0n) is 11.5. The number of hydrogen-bond donors (Lipinski definition) is 2. The maximum atomic E-state index is 5.74. The largest absolute Gasteiger partial charge is 0.364 e. The van der Waals surface area contributed by atoms with Crippen LogP contribution < -0.4 is 10.6 Å². The van der Waals surface area contributed by atoms with Gasteiger partial charge >= 0.3 is 0 Å². The van der Waals surface area contributed by atoms with E-state index in [1.807, 2.05) is 6.07 Å². The third-order valence-corrected chi connectivity index (χ3v) is 2.87. The first-order chi connectivity index (χ1) is 9.78. The highest BCUT2D eigenvalue weighted by molar-refractivity contribution is 14.0. The van der Waals surface area contributed by atoms with E-state index in [2.05, 4.69) is 25.8 Å². The van der Waals surface area contributed by atoms with E-state index < -0.39 is 0 Å². The minimum atomic E-state index is 0. The third-order valence-electron chi connectivity index (χ3n) is 2.65. The average Bonchev–Trinajstić information content (AvgIpc) is 2.98. The Bertz CT molecular complexity index is 544. The first kappa shape index (κ1) is 17.7. The lowest BCUT2D eigenvalue weighted by Gasteiger charge is -2.10. The van der Waals surface area contributed by atoms with Crippen molar-refractivity contribution < 1.29 is 4.52 Å². The number of nitrogens with one attached hydrogen (secondary N) is 2. The van der Waals surface area contributed by atoms with Gasteiger partial charge in [0.15, 0.2) is 5.96 Å². The molecule has 0 unspecified atom stereocenters. The maximum Gasteiger partial charge on any atom is 0.191 e. The molecule has 2 aromatic heterocycles. The molecule has 0 saturated carbocycles. The van der Waals surface area contributed by atoms with Crippen LogP contribution in [-0.2, 0) is 13.0 Å². The molecule has 0 saturated heterocycles. The molecule has 114 valence electrons. The second-order valence-corrected chi connectivity index (χ2v) is 4.47. The van der Waals surface area contributed by atoms with Gasteiger partial charge in [0.2, 0.25) is 0 Å². The summed E-state index contributed by atoms with van der Waals surface area (Å²) in [6.45, 7) is 1.32. The fraction of sp³-hybridized carbons (Fsp3) is 0.308. The summed E-state index contributed by atoms with van der Waals surface area (Å²) in [5.74, 6) is 0.718. The van der Waals surface area contributed by atoms with Crippen molar-refractivity contribution in [3.63, 3.8) is 0 Å². The summed E-state index contributed by atoms with van der Waals surface area (Å²) in [5, 5.41) is 10.7. The number of nitrogens with zero attached hydrogens (tertiary/aromatic N) is 3. The predicted octanol–water partition coefficient (Wildman–Crippen LogP) is 2.25. The molecular formula is C13H17ClIN5O. The van der Waals surface area contributed by atoms with Gasteiger partial charge in [-0.15, -0.1) is 24.0 Å². The SMILES string of the molecule is CN=C(NCCc1ccc(Cl)nc1)NCc1ccon1.I. The second kappa shape index (κ2) is 9.56. The van der Waals surface area contributed by atoms with Crippen LogP contribution in [0.15, 0.2) is 40.2 Å². The molecule has 0 atom stereocenters. The Balaban J connectivity index is 0.00000220. The van der Waals surface area contributed by atoms with E-state index in [1.54, 1.807) is 31.6 Å². The van der Waals surface area contributed by atoms with Crippen molar-refractivity contribution in [2.45, 2.75) is 13.0 Å². The van der Waals surface area contributed by atoms with E-state index in [4.69, 9.17) is 16.1 Å². The lowest BCUT2D eigenvalue weighted by atomic mass is 10.2. The molecule has 2 N–H and O–H groups in total. The van der Waals surface area contributed by atoms with Crippen LogP contribution in [0.2, 0.25) is 5.15 Å². The monoisotopic (exact) mass is 421 g/mol. The summed E-state index contributed by atoms with van der Waals surface area (Å²) in [7, 11) is 1.72. The molecule has 0 aliphatic heterocycles. The van der Waals surface area contributed by atoms with Crippen molar-refractivity contribution in [2.75, 3.05) is 13.6 Å². The molecule has 0 amide bonds. The summed E-state index contributed by atoms with van der Waals surface area (Å²) in [6, 6.07) is 5.55. The minimum absolute atomic E-state index is 0. The predicted molar refractivity (Wildman–Crippen MR) is 93.1 cm³/mol. The highest BCUT2D eigenvalue weighted by Gasteiger charge is 2.00. The van der Waals surface area contributed by atoms with Crippen molar-refractivity contribution in [3.05, 3.63) is 47.1 Å². The van der Waals surface area contributed by atoms with Crippen molar-refractivity contribution in [2.24, 2.45) is 4.99 Å². The Kier molecular flexibility index (Phi) is 8.06. The molecule has 0 aliphatic rings. The van der Waals surface area contributed by atoms with Gasteiger partial charge in [0.05, 0.1) is 6.54 Å². The minimum Gasteiger partial charge on any atom is -0.364 e. The van der Waals surface area contributed by atoms with Gasteiger partial charge in [-0.25, -0.2) is 4.98 Å². The van der Waals surface area contributed by atoms with Crippen LogP contribution in [0.3, 0.4) is 0 Å². The topological polar surface area (TPSA) is 75.3 Å². The van der Waals surface area contributed by atoms with E-state index in [0.29, 0.717) is 11.7 Å². The van der Waals surface area contributed by atoms with Crippen molar-refractivity contribution in [1.29, 1.82) is 0 Å². The fourth-order valence-electron chi connectivity index (χ4n) is 1.60. The van der Waals surface area contributed by atoms with Crippen LogP contribution in [-0.4, -0.2) is 29.7 Å². The molecule has 6 nitrogen and oxygen atoms in total. The lowest BCUT2D eigenvalue weighted by Crippen LogP contribution is -2.37. The number of hydrogen-bond acceptors (Lipinski definition) is 4. The van der Waals surface area contributed by atoms with E-state index >= 15 is 0 Å². The van der Waals surface area contributed by atoms with Gasteiger partial charge in [0, 0.05) is 25.9 Å². The Morgan fingerprint density at radius 1 is 1.33 bits per heavy atom. The van der Waals surface area contributed by atoms with Gasteiger partial charge < -0.3 is 15.2 Å². The molecule has 0 fully saturated rings. The van der Waals surface area contributed by atoms with Gasteiger partial charge in [0.1, 0.15) is 17.1 Å². The first-order valence-electron chi connectivity index (χ1n) is 6.22. The van der Waals surface area contributed by atoms with Crippen LogP contribution in [0, 0.1) is 0 Å². The van der Waals surface area contributed by atoms with Crippen LogP contribution in [0.1, 0.15) is 11.3 Å². The van der Waals surface area contributed by atoms with Crippen molar-refractivity contribution >= 4 is 41.5 Å². The molecule has 2 rings (SSSR count). The number of pyridine rings is 1. The summed E-state index contributed by atoms with van der Waals surface area (Å²) in [4.78, 5) is 8.17. The molecule has 21 heavy (non-hydrogen) atoms. The highest BCUT2D eigenvalue weighted by atomic mass is 127. The normalized spacial score (nSPS) is 10.9. The van der Waals surface area contributed by atoms with Crippen LogP contribution >= 0.6 is 35.6 Å². The zero-order valence-corrected chi connectivity index (χ0v) is 14.6. The molecule has 0 aromatic carbocycles. The third kappa shape index (κ3) is 6.30. The molecule has 0 spiro atoms. The van der Waals surface area contributed by atoms with E-state index in [1.165, 1.54) is 0 Å². The smallest absolute Gasteiger partial charge is 0.191 e. The molecule has 0 radical (unpaired) electrons. The highest BCUT2D eigenvalue weighted by Crippen LogP contribution is 2.05. The second-order valence-electron chi connectivity index (χ2n) is 4.08. The van der Waals surface area contributed by atoms with Gasteiger partial charge in [0.25, 0.3) is 0 Å². The van der Waals surface area contributed by atoms with Gasteiger partial charge in [-0.05, 0) is 18.1 Å². The van der Waals surface area contributed by atoms with Crippen molar-refractivity contribution in [1.82, 2.24) is 20.8 Å². The van der Waals surface area contributed by atoms with E-state index in [-0.39, 0.29) is 24.0 Å². The maximum absolute atomic E-state index is 5.74. The molecule has 0 aliphatic carbocycles. The van der Waals surface area contributed by atoms with E-state index in [0.717, 1.165) is 30.2 Å². The Morgan fingerprint density at radius 3 is 2.81 bits per heavy atom. The van der Waals surface area contributed by atoms with Gasteiger partial charge in [-0.2, -0.15) is 0 Å². The Labute approximate surface area is 145 Å². The number of halogens is 2. The summed E-state index contributed by atoms with van der Waals surface area (Å²) in [5.41, 5.74) is 1.95. The summed E-state index contributed by atoms with van der Waals surface area (Å²) >= 11 is 5.74. The number of aromatic nitrogens is 2. The Hall–Kier alpha value is -1.35. The average molecular weight is 422 g/mol. The molecule has 8 heteroatoms. The van der Waals surface area contributed by atoms with Crippen LogP contribution in [0.4, 0.5) is 0 Å². The van der Waals surface area contributed by atoms with Crippen LogP contribution in [0.25, 0.3) is 0 Å². The molecular weight excluding hydrogens is 405 g/mol. The summed E-state index contributed by atoms with van der Waals surface area (Å²) < 4.78 is 4.76. The van der Waals surface area contributed by atoms with Gasteiger partial charge in [-0.1, -0.05) is 22.8 Å².